The van der Waals surface area contributed by atoms with Crippen molar-refractivity contribution in [3.05, 3.63) is 0 Å². The van der Waals surface area contributed by atoms with Crippen molar-refractivity contribution in [1.82, 2.24) is 10.6 Å². The average Bonchev–Trinajstić information content (AvgIpc) is 2.15. The van der Waals surface area contributed by atoms with E-state index < -0.39 is 0 Å². The minimum atomic E-state index is 0. The Kier molecular flexibility index (Phi) is 9.74. The Morgan fingerprint density at radius 3 is 2.56 bits per heavy atom. The first-order valence-electron chi connectivity index (χ1n) is 6.30. The highest BCUT2D eigenvalue weighted by Crippen LogP contribution is 2.30. The fourth-order valence-electron chi connectivity index (χ4n) is 1.80. The summed E-state index contributed by atoms with van der Waals surface area (Å²) in [7, 11) is 0. The molecule has 0 heterocycles. The molecule has 1 rings (SSSR count). The van der Waals surface area contributed by atoms with Gasteiger partial charge >= 0.3 is 0 Å². The van der Waals surface area contributed by atoms with Crippen LogP contribution < -0.4 is 10.6 Å². The quantitative estimate of drug-likeness (QED) is 0.646. The fraction of sp³-hybridized carbons (Fsp3) is 0.917. The summed E-state index contributed by atoms with van der Waals surface area (Å²) >= 11 is 0. The van der Waals surface area contributed by atoms with Gasteiger partial charge in [-0.2, -0.15) is 0 Å². The molecule has 3 nitrogen and oxygen atoms in total. The van der Waals surface area contributed by atoms with Crippen LogP contribution in [-0.4, -0.2) is 25.5 Å². The van der Waals surface area contributed by atoms with Gasteiger partial charge in [-0.1, -0.05) is 26.2 Å². The summed E-state index contributed by atoms with van der Waals surface area (Å²) in [6, 6.07) is 0. The normalized spacial score (nSPS) is 15.1. The summed E-state index contributed by atoms with van der Waals surface area (Å²) in [5.41, 5.74) is 0. The van der Waals surface area contributed by atoms with E-state index in [0.29, 0.717) is 0 Å². The Bertz CT molecular complexity index is 184. The molecule has 0 bridgehead atoms. The molecule has 2 N–H and O–H groups in total. The highest BCUT2D eigenvalue weighted by Gasteiger charge is 2.17. The van der Waals surface area contributed by atoms with Crippen molar-refractivity contribution in [3.63, 3.8) is 0 Å². The highest BCUT2D eigenvalue weighted by atomic mass is 35.5. The van der Waals surface area contributed by atoms with Crippen molar-refractivity contribution in [2.45, 2.75) is 45.4 Å². The number of nitrogens with one attached hydrogen (secondary N) is 2. The third kappa shape index (κ3) is 7.07. The molecule has 1 aliphatic carbocycles. The van der Waals surface area contributed by atoms with Crippen LogP contribution in [0, 0.1) is 5.92 Å². The molecule has 0 radical (unpaired) electrons. The minimum absolute atomic E-state index is 0. The van der Waals surface area contributed by atoms with Crippen molar-refractivity contribution in [3.8, 4) is 0 Å². The molecule has 0 aromatic rings. The number of carbonyl (C=O) groups is 1. The minimum Gasteiger partial charge on any atom is -0.355 e. The van der Waals surface area contributed by atoms with Crippen molar-refractivity contribution >= 4 is 18.3 Å². The number of carbonyl (C=O) groups excluding carboxylic acids is 1. The SMILES string of the molecule is CCCNCCNC(=O)CCC1CCC1.Cl. The lowest BCUT2D eigenvalue weighted by Crippen LogP contribution is -2.32. The fourth-order valence-corrected chi connectivity index (χ4v) is 1.80. The summed E-state index contributed by atoms with van der Waals surface area (Å²) in [6.45, 7) is 4.84. The molecule has 96 valence electrons. The van der Waals surface area contributed by atoms with Crippen LogP contribution in [0.2, 0.25) is 0 Å². The van der Waals surface area contributed by atoms with E-state index in [1.54, 1.807) is 0 Å². The molecule has 0 saturated heterocycles. The van der Waals surface area contributed by atoms with Crippen molar-refractivity contribution in [1.29, 1.82) is 0 Å². The molecule has 0 unspecified atom stereocenters. The maximum Gasteiger partial charge on any atom is 0.220 e. The lowest BCUT2D eigenvalue weighted by molar-refractivity contribution is -0.121. The zero-order valence-electron chi connectivity index (χ0n) is 10.3. The average molecular weight is 249 g/mol. The van der Waals surface area contributed by atoms with Crippen LogP contribution in [0.3, 0.4) is 0 Å². The molecule has 0 aliphatic heterocycles. The third-order valence-electron chi connectivity index (χ3n) is 3.06. The third-order valence-corrected chi connectivity index (χ3v) is 3.06. The van der Waals surface area contributed by atoms with Gasteiger partial charge in [-0.25, -0.2) is 0 Å². The molecule has 1 aliphatic rings. The molecule has 1 amide bonds. The Hall–Kier alpha value is -0.280. The van der Waals surface area contributed by atoms with Crippen molar-refractivity contribution in [2.24, 2.45) is 5.92 Å². The monoisotopic (exact) mass is 248 g/mol. The molecule has 0 aromatic carbocycles. The van der Waals surface area contributed by atoms with Crippen LogP contribution in [-0.2, 0) is 4.79 Å². The van der Waals surface area contributed by atoms with Crippen LogP contribution in [0.25, 0.3) is 0 Å². The van der Waals surface area contributed by atoms with E-state index in [0.717, 1.165) is 44.8 Å². The van der Waals surface area contributed by atoms with Gasteiger partial charge in [0.1, 0.15) is 0 Å². The molecule has 1 fully saturated rings. The van der Waals surface area contributed by atoms with Crippen molar-refractivity contribution < 1.29 is 4.79 Å². The molecule has 0 aromatic heterocycles. The van der Waals surface area contributed by atoms with E-state index in [9.17, 15) is 4.79 Å². The maximum atomic E-state index is 11.4. The smallest absolute Gasteiger partial charge is 0.220 e. The van der Waals surface area contributed by atoms with Gasteiger partial charge in [-0.15, -0.1) is 12.4 Å². The van der Waals surface area contributed by atoms with E-state index in [-0.39, 0.29) is 18.3 Å². The summed E-state index contributed by atoms with van der Waals surface area (Å²) in [6.07, 6.45) is 7.01. The number of halogens is 1. The number of hydrogen-bond donors (Lipinski definition) is 2. The number of hydrogen-bond acceptors (Lipinski definition) is 2. The second-order valence-electron chi connectivity index (χ2n) is 4.44. The number of rotatable bonds is 8. The molecular formula is C12H25ClN2O. The van der Waals surface area contributed by atoms with Crippen molar-refractivity contribution in [2.75, 3.05) is 19.6 Å². The van der Waals surface area contributed by atoms with Crippen LogP contribution in [0.5, 0.6) is 0 Å². The molecule has 1 saturated carbocycles. The molecule has 0 spiro atoms. The highest BCUT2D eigenvalue weighted by molar-refractivity contribution is 5.85. The lowest BCUT2D eigenvalue weighted by atomic mass is 9.82. The molecule has 0 atom stereocenters. The van der Waals surface area contributed by atoms with Gasteiger partial charge in [-0.3, -0.25) is 4.79 Å². The second kappa shape index (κ2) is 9.91. The van der Waals surface area contributed by atoms with Gasteiger partial charge in [0.05, 0.1) is 0 Å². The Balaban J connectivity index is 0.00000225. The van der Waals surface area contributed by atoms with E-state index in [1.165, 1.54) is 19.3 Å². The Labute approximate surface area is 105 Å². The Morgan fingerprint density at radius 1 is 1.25 bits per heavy atom. The Morgan fingerprint density at radius 2 is 2.00 bits per heavy atom. The van der Waals surface area contributed by atoms with Crippen LogP contribution in [0.4, 0.5) is 0 Å². The van der Waals surface area contributed by atoms with E-state index in [1.807, 2.05) is 0 Å². The molecule has 16 heavy (non-hydrogen) atoms. The van der Waals surface area contributed by atoms with Crippen LogP contribution >= 0.6 is 12.4 Å². The van der Waals surface area contributed by atoms with E-state index >= 15 is 0 Å². The number of amides is 1. The first-order chi connectivity index (χ1) is 7.33. The first kappa shape index (κ1) is 15.7. The predicted molar refractivity (Wildman–Crippen MR) is 70.0 cm³/mol. The van der Waals surface area contributed by atoms with Crippen LogP contribution in [0.15, 0.2) is 0 Å². The summed E-state index contributed by atoms with van der Waals surface area (Å²) in [5, 5.41) is 6.21. The second-order valence-corrected chi connectivity index (χ2v) is 4.44. The predicted octanol–water partition coefficient (Wildman–Crippen LogP) is 2.10. The molecular weight excluding hydrogens is 224 g/mol. The summed E-state index contributed by atoms with van der Waals surface area (Å²) in [5.74, 6) is 1.06. The topological polar surface area (TPSA) is 41.1 Å². The van der Waals surface area contributed by atoms with E-state index in [4.69, 9.17) is 0 Å². The van der Waals surface area contributed by atoms with Gasteiger partial charge < -0.3 is 10.6 Å². The summed E-state index contributed by atoms with van der Waals surface area (Å²) in [4.78, 5) is 11.4. The zero-order valence-corrected chi connectivity index (χ0v) is 11.1. The lowest BCUT2D eigenvalue weighted by Gasteiger charge is -2.24. The van der Waals surface area contributed by atoms with Gasteiger partial charge in [0.25, 0.3) is 0 Å². The van der Waals surface area contributed by atoms with Gasteiger partial charge in [0, 0.05) is 19.5 Å². The van der Waals surface area contributed by atoms with E-state index in [2.05, 4.69) is 17.6 Å². The first-order valence-corrected chi connectivity index (χ1v) is 6.30. The summed E-state index contributed by atoms with van der Waals surface area (Å²) < 4.78 is 0. The molecule has 4 heteroatoms. The zero-order chi connectivity index (χ0) is 10.9. The van der Waals surface area contributed by atoms with Crippen LogP contribution in [0.1, 0.15) is 45.4 Å². The van der Waals surface area contributed by atoms with Gasteiger partial charge in [-0.05, 0) is 25.3 Å². The standard InChI is InChI=1S/C12H24N2O.ClH/c1-2-8-13-9-10-14-12(15)7-6-11-4-3-5-11;/h11,13H,2-10H2,1H3,(H,14,15);1H. The maximum absolute atomic E-state index is 11.4. The largest absolute Gasteiger partial charge is 0.355 e. The van der Waals surface area contributed by atoms with Gasteiger partial charge in [0.15, 0.2) is 0 Å². The van der Waals surface area contributed by atoms with Gasteiger partial charge in [0.2, 0.25) is 5.91 Å².